The molecule has 0 radical (unpaired) electrons. The molecule has 5 rings (SSSR count). The van der Waals surface area contributed by atoms with E-state index in [4.69, 9.17) is 16.3 Å². The predicted octanol–water partition coefficient (Wildman–Crippen LogP) is 6.05. The van der Waals surface area contributed by atoms with Crippen molar-refractivity contribution >= 4 is 17.5 Å². The Morgan fingerprint density at radius 2 is 1.88 bits per heavy atom. The van der Waals surface area contributed by atoms with Gasteiger partial charge in [0.1, 0.15) is 11.4 Å². The predicted molar refractivity (Wildman–Crippen MR) is 132 cm³/mol. The highest BCUT2D eigenvalue weighted by atomic mass is 35.5. The smallest absolute Gasteiger partial charge is 0.273 e. The number of rotatable bonds is 8. The molecule has 0 saturated carbocycles. The Morgan fingerprint density at radius 3 is 2.59 bits per heavy atom. The van der Waals surface area contributed by atoms with E-state index in [-0.39, 0.29) is 11.9 Å². The number of aromatic nitrogens is 3. The van der Waals surface area contributed by atoms with Crippen LogP contribution in [0.5, 0.6) is 5.75 Å². The van der Waals surface area contributed by atoms with Crippen LogP contribution in [0.1, 0.15) is 53.0 Å². The molecule has 7 heteroatoms. The second-order valence-corrected chi connectivity index (χ2v) is 8.77. The SMILES string of the molecule is CCCCOc1ccc(C2c3c(-c4ccc(Cl)cc4)n[nH]c3C(=O)N2Cc2cccnc2)cc1. The van der Waals surface area contributed by atoms with Gasteiger partial charge in [-0.25, -0.2) is 0 Å². The molecule has 172 valence electrons. The number of hydrogen-bond acceptors (Lipinski definition) is 4. The van der Waals surface area contributed by atoms with Crippen molar-refractivity contribution in [1.82, 2.24) is 20.1 Å². The van der Waals surface area contributed by atoms with E-state index in [0.717, 1.165) is 46.5 Å². The van der Waals surface area contributed by atoms with Crippen molar-refractivity contribution in [3.63, 3.8) is 0 Å². The van der Waals surface area contributed by atoms with Gasteiger partial charge in [-0.15, -0.1) is 0 Å². The first-order valence-electron chi connectivity index (χ1n) is 11.4. The Hall–Kier alpha value is -3.64. The zero-order valence-electron chi connectivity index (χ0n) is 18.9. The van der Waals surface area contributed by atoms with Crippen molar-refractivity contribution in [3.8, 4) is 17.0 Å². The van der Waals surface area contributed by atoms with Gasteiger partial charge in [-0.1, -0.05) is 55.3 Å². The molecular formula is C27H25ClN4O2. The highest BCUT2D eigenvalue weighted by Gasteiger charge is 2.42. The lowest BCUT2D eigenvalue weighted by Gasteiger charge is -2.26. The van der Waals surface area contributed by atoms with Crippen molar-refractivity contribution < 1.29 is 9.53 Å². The number of amides is 1. The Labute approximate surface area is 203 Å². The van der Waals surface area contributed by atoms with Crippen LogP contribution in [0.25, 0.3) is 11.3 Å². The molecule has 2 aromatic heterocycles. The van der Waals surface area contributed by atoms with Crippen LogP contribution in [-0.2, 0) is 6.54 Å². The minimum absolute atomic E-state index is 0.0835. The van der Waals surface area contributed by atoms with Gasteiger partial charge in [0.2, 0.25) is 0 Å². The molecular weight excluding hydrogens is 448 g/mol. The summed E-state index contributed by atoms with van der Waals surface area (Å²) in [7, 11) is 0. The molecule has 3 heterocycles. The van der Waals surface area contributed by atoms with E-state index >= 15 is 0 Å². The summed E-state index contributed by atoms with van der Waals surface area (Å²) in [4.78, 5) is 19.6. The maximum Gasteiger partial charge on any atom is 0.273 e. The number of halogens is 1. The molecule has 1 unspecified atom stereocenters. The minimum Gasteiger partial charge on any atom is -0.494 e. The van der Waals surface area contributed by atoms with Gasteiger partial charge in [0.15, 0.2) is 0 Å². The van der Waals surface area contributed by atoms with Crippen LogP contribution < -0.4 is 4.74 Å². The lowest BCUT2D eigenvalue weighted by atomic mass is 9.96. The fraction of sp³-hybridized carbons (Fsp3) is 0.222. The summed E-state index contributed by atoms with van der Waals surface area (Å²) in [6.07, 6.45) is 5.62. The zero-order chi connectivity index (χ0) is 23.5. The largest absolute Gasteiger partial charge is 0.494 e. The number of carbonyl (C=O) groups is 1. The quantitative estimate of drug-likeness (QED) is 0.317. The number of aromatic amines is 1. The summed E-state index contributed by atoms with van der Waals surface area (Å²) in [5.41, 5.74) is 5.00. The standard InChI is InChI=1S/C27H25ClN4O2/c1-2-3-15-34-22-12-8-20(9-13-22)26-23-24(19-6-10-21(28)11-7-19)30-31-25(23)27(33)32(26)17-18-5-4-14-29-16-18/h4-14,16,26H,2-3,15,17H2,1H3,(H,30,31). The molecule has 0 aliphatic carbocycles. The summed E-state index contributed by atoms with van der Waals surface area (Å²) in [6, 6.07) is 19.1. The second-order valence-electron chi connectivity index (χ2n) is 8.34. The maximum atomic E-state index is 13.5. The van der Waals surface area contributed by atoms with Crippen LogP contribution in [0.2, 0.25) is 5.02 Å². The molecule has 6 nitrogen and oxygen atoms in total. The van der Waals surface area contributed by atoms with Gasteiger partial charge < -0.3 is 9.64 Å². The van der Waals surface area contributed by atoms with Crippen molar-refractivity contribution in [2.24, 2.45) is 0 Å². The van der Waals surface area contributed by atoms with Crippen molar-refractivity contribution in [2.45, 2.75) is 32.4 Å². The van der Waals surface area contributed by atoms with E-state index < -0.39 is 0 Å². The maximum absolute atomic E-state index is 13.5. The van der Waals surface area contributed by atoms with Crippen LogP contribution in [0.15, 0.2) is 73.1 Å². The molecule has 0 saturated heterocycles. The molecule has 1 aliphatic heterocycles. The zero-order valence-corrected chi connectivity index (χ0v) is 19.6. The third-order valence-electron chi connectivity index (χ3n) is 6.02. The van der Waals surface area contributed by atoms with E-state index in [1.807, 2.05) is 65.6 Å². The Kier molecular flexibility index (Phi) is 6.32. The monoisotopic (exact) mass is 472 g/mol. The molecule has 1 N–H and O–H groups in total. The Balaban J connectivity index is 1.55. The molecule has 0 fully saturated rings. The number of benzene rings is 2. The Bertz CT molecular complexity index is 1270. The number of unbranched alkanes of at least 4 members (excludes halogenated alkanes) is 1. The number of hydrogen-bond donors (Lipinski definition) is 1. The second kappa shape index (κ2) is 9.69. The molecule has 1 aliphatic rings. The summed E-state index contributed by atoms with van der Waals surface area (Å²) in [5, 5.41) is 8.17. The van der Waals surface area contributed by atoms with Crippen molar-refractivity contribution in [1.29, 1.82) is 0 Å². The van der Waals surface area contributed by atoms with E-state index in [9.17, 15) is 4.79 Å². The summed E-state index contributed by atoms with van der Waals surface area (Å²) < 4.78 is 5.85. The fourth-order valence-corrected chi connectivity index (χ4v) is 4.43. The molecule has 4 aromatic rings. The van der Waals surface area contributed by atoms with Gasteiger partial charge in [0, 0.05) is 35.1 Å². The number of nitrogens with one attached hydrogen (secondary N) is 1. The number of ether oxygens (including phenoxy) is 1. The number of carbonyl (C=O) groups excluding carboxylic acids is 1. The number of fused-ring (bicyclic) bond motifs is 1. The van der Waals surface area contributed by atoms with Gasteiger partial charge in [-0.05, 0) is 47.9 Å². The van der Waals surface area contributed by atoms with E-state index in [0.29, 0.717) is 23.9 Å². The van der Waals surface area contributed by atoms with Crippen LogP contribution in [-0.4, -0.2) is 32.6 Å². The molecule has 0 bridgehead atoms. The van der Waals surface area contributed by atoms with Crippen LogP contribution in [0, 0.1) is 0 Å². The molecule has 1 atom stereocenters. The van der Waals surface area contributed by atoms with Crippen LogP contribution >= 0.6 is 11.6 Å². The van der Waals surface area contributed by atoms with Gasteiger partial charge in [-0.3, -0.25) is 14.9 Å². The third kappa shape index (κ3) is 4.29. The van der Waals surface area contributed by atoms with Gasteiger partial charge in [0.25, 0.3) is 5.91 Å². The highest BCUT2D eigenvalue weighted by molar-refractivity contribution is 6.30. The summed E-state index contributed by atoms with van der Waals surface area (Å²) in [5.74, 6) is 0.741. The lowest BCUT2D eigenvalue weighted by Crippen LogP contribution is -2.29. The topological polar surface area (TPSA) is 71.1 Å². The first kappa shape index (κ1) is 22.2. The number of pyridine rings is 1. The summed E-state index contributed by atoms with van der Waals surface area (Å²) in [6.45, 7) is 3.27. The normalized spacial score (nSPS) is 14.9. The van der Waals surface area contributed by atoms with Crippen molar-refractivity contribution in [2.75, 3.05) is 6.61 Å². The first-order chi connectivity index (χ1) is 16.7. The fourth-order valence-electron chi connectivity index (χ4n) is 4.30. The van der Waals surface area contributed by atoms with Crippen LogP contribution in [0.4, 0.5) is 0 Å². The number of H-pyrrole nitrogens is 1. The number of nitrogens with zero attached hydrogens (tertiary/aromatic N) is 3. The first-order valence-corrected chi connectivity index (χ1v) is 11.8. The lowest BCUT2D eigenvalue weighted by molar-refractivity contribution is 0.0730. The average molecular weight is 473 g/mol. The third-order valence-corrected chi connectivity index (χ3v) is 6.27. The highest BCUT2D eigenvalue weighted by Crippen LogP contribution is 2.43. The molecule has 34 heavy (non-hydrogen) atoms. The van der Waals surface area contributed by atoms with E-state index in [1.165, 1.54) is 0 Å². The van der Waals surface area contributed by atoms with E-state index in [2.05, 4.69) is 22.1 Å². The average Bonchev–Trinajstić information content (AvgIpc) is 3.40. The van der Waals surface area contributed by atoms with Gasteiger partial charge in [-0.2, -0.15) is 5.10 Å². The molecule has 2 aromatic carbocycles. The molecule has 0 spiro atoms. The van der Waals surface area contributed by atoms with Gasteiger partial charge >= 0.3 is 0 Å². The molecule has 1 amide bonds. The minimum atomic E-state index is -0.295. The Morgan fingerprint density at radius 1 is 1.09 bits per heavy atom. The van der Waals surface area contributed by atoms with Crippen LogP contribution in [0.3, 0.4) is 0 Å². The summed E-state index contributed by atoms with van der Waals surface area (Å²) >= 11 is 6.10. The van der Waals surface area contributed by atoms with E-state index in [1.54, 1.807) is 12.4 Å². The van der Waals surface area contributed by atoms with Gasteiger partial charge in [0.05, 0.1) is 18.3 Å². The van der Waals surface area contributed by atoms with Crippen molar-refractivity contribution in [3.05, 3.63) is 100 Å².